The molecule has 0 bridgehead atoms. The second-order valence-corrected chi connectivity index (χ2v) is 5.89. The van der Waals surface area contributed by atoms with Gasteiger partial charge in [0.05, 0.1) is 32.1 Å². The highest BCUT2D eigenvalue weighted by molar-refractivity contribution is 5.91. The minimum absolute atomic E-state index is 0.312. The minimum atomic E-state index is -0.606. The molecule has 7 nitrogen and oxygen atoms in total. The molecule has 1 heterocycles. The summed E-state index contributed by atoms with van der Waals surface area (Å²) in [5, 5.41) is 3.33. The molecular weight excluding hydrogens is 350 g/mol. The number of methoxy groups -OCH3 is 2. The SMILES string of the molecule is CCOC(OCC)/C(NCCc1ccc(OC)c(OC)c1)=C1\CCOC1=O. The highest BCUT2D eigenvalue weighted by Gasteiger charge is 2.28. The summed E-state index contributed by atoms with van der Waals surface area (Å²) < 4.78 is 27.1. The van der Waals surface area contributed by atoms with E-state index in [1.807, 2.05) is 32.0 Å². The fourth-order valence-corrected chi connectivity index (χ4v) is 2.91. The zero-order valence-corrected chi connectivity index (χ0v) is 16.5. The molecule has 0 spiro atoms. The van der Waals surface area contributed by atoms with E-state index in [1.165, 1.54) is 0 Å². The summed E-state index contributed by atoms with van der Waals surface area (Å²) in [4.78, 5) is 12.1. The van der Waals surface area contributed by atoms with Crippen LogP contribution in [0.15, 0.2) is 29.5 Å². The van der Waals surface area contributed by atoms with Crippen LogP contribution in [0.5, 0.6) is 11.5 Å². The molecule has 0 aromatic heterocycles. The predicted octanol–water partition coefficient (Wildman–Crippen LogP) is 2.44. The summed E-state index contributed by atoms with van der Waals surface area (Å²) in [5.74, 6) is 1.07. The summed E-state index contributed by atoms with van der Waals surface area (Å²) in [7, 11) is 3.22. The molecule has 1 N–H and O–H groups in total. The third-order valence-electron chi connectivity index (χ3n) is 4.21. The van der Waals surface area contributed by atoms with Crippen LogP contribution in [0.25, 0.3) is 0 Å². The van der Waals surface area contributed by atoms with Gasteiger partial charge in [-0.15, -0.1) is 0 Å². The van der Waals surface area contributed by atoms with Crippen molar-refractivity contribution >= 4 is 5.97 Å². The van der Waals surface area contributed by atoms with Crippen molar-refractivity contribution in [3.63, 3.8) is 0 Å². The van der Waals surface area contributed by atoms with E-state index in [0.717, 1.165) is 12.0 Å². The van der Waals surface area contributed by atoms with Crippen LogP contribution in [0, 0.1) is 0 Å². The number of cyclic esters (lactones) is 1. The number of nitrogens with one attached hydrogen (secondary N) is 1. The molecule has 1 aliphatic rings. The van der Waals surface area contributed by atoms with Crippen molar-refractivity contribution in [2.45, 2.75) is 33.0 Å². The van der Waals surface area contributed by atoms with Gasteiger partial charge in [-0.1, -0.05) is 6.07 Å². The zero-order valence-electron chi connectivity index (χ0n) is 16.5. The summed E-state index contributed by atoms with van der Waals surface area (Å²) >= 11 is 0. The Morgan fingerprint density at radius 2 is 1.85 bits per heavy atom. The van der Waals surface area contributed by atoms with Gasteiger partial charge in [-0.25, -0.2) is 4.79 Å². The molecule has 0 atom stereocenters. The lowest BCUT2D eigenvalue weighted by molar-refractivity contribution is -0.136. The Hall–Kier alpha value is -2.25. The van der Waals surface area contributed by atoms with Crippen molar-refractivity contribution in [3.8, 4) is 11.5 Å². The van der Waals surface area contributed by atoms with E-state index in [0.29, 0.717) is 55.6 Å². The highest BCUT2D eigenvalue weighted by atomic mass is 16.7. The fourth-order valence-electron chi connectivity index (χ4n) is 2.91. The Kier molecular flexibility index (Phi) is 8.42. The molecule has 150 valence electrons. The summed E-state index contributed by atoms with van der Waals surface area (Å²) in [6.45, 7) is 5.75. The van der Waals surface area contributed by atoms with E-state index in [4.69, 9.17) is 23.7 Å². The number of ether oxygens (including phenoxy) is 5. The van der Waals surface area contributed by atoms with Crippen LogP contribution in [0.2, 0.25) is 0 Å². The molecule has 0 aliphatic carbocycles. The Morgan fingerprint density at radius 1 is 1.15 bits per heavy atom. The smallest absolute Gasteiger partial charge is 0.336 e. The highest BCUT2D eigenvalue weighted by Crippen LogP contribution is 2.27. The number of hydrogen-bond donors (Lipinski definition) is 1. The first-order valence-electron chi connectivity index (χ1n) is 9.22. The quantitative estimate of drug-likeness (QED) is 0.359. The first-order valence-corrected chi connectivity index (χ1v) is 9.22. The van der Waals surface area contributed by atoms with Gasteiger partial charge >= 0.3 is 5.97 Å². The molecule has 0 radical (unpaired) electrons. The van der Waals surface area contributed by atoms with Gasteiger partial charge in [0.25, 0.3) is 0 Å². The van der Waals surface area contributed by atoms with Crippen LogP contribution < -0.4 is 14.8 Å². The molecule has 1 fully saturated rings. The first-order chi connectivity index (χ1) is 13.1. The van der Waals surface area contributed by atoms with Gasteiger partial charge in [-0.2, -0.15) is 0 Å². The van der Waals surface area contributed by atoms with E-state index in [-0.39, 0.29) is 5.97 Å². The van der Waals surface area contributed by atoms with Crippen molar-refractivity contribution in [1.29, 1.82) is 0 Å². The van der Waals surface area contributed by atoms with Crippen LogP contribution in [-0.4, -0.2) is 52.8 Å². The second kappa shape index (κ2) is 10.8. The molecule has 27 heavy (non-hydrogen) atoms. The van der Waals surface area contributed by atoms with E-state index in [9.17, 15) is 4.79 Å². The average molecular weight is 379 g/mol. The van der Waals surface area contributed by atoms with Crippen LogP contribution in [-0.2, 0) is 25.4 Å². The lowest BCUT2D eigenvalue weighted by Gasteiger charge is -2.23. The van der Waals surface area contributed by atoms with Gasteiger partial charge in [0.1, 0.15) is 0 Å². The molecule has 2 rings (SSSR count). The second-order valence-electron chi connectivity index (χ2n) is 5.89. The number of esters is 1. The van der Waals surface area contributed by atoms with Gasteiger partial charge in [-0.3, -0.25) is 0 Å². The summed E-state index contributed by atoms with van der Waals surface area (Å²) in [6, 6.07) is 5.81. The van der Waals surface area contributed by atoms with Crippen molar-refractivity contribution in [3.05, 3.63) is 35.0 Å². The number of carbonyl (C=O) groups excluding carboxylic acids is 1. The standard InChI is InChI=1S/C20H29NO6/c1-5-25-20(26-6-2)18(15-10-12-27-19(15)22)21-11-9-14-7-8-16(23-3)17(13-14)24-4/h7-8,13,20-21H,5-6,9-12H2,1-4H3/b18-15-. The van der Waals surface area contributed by atoms with E-state index >= 15 is 0 Å². The Labute approximate surface area is 160 Å². The van der Waals surface area contributed by atoms with Crippen LogP contribution >= 0.6 is 0 Å². The zero-order chi connectivity index (χ0) is 19.6. The largest absolute Gasteiger partial charge is 0.493 e. The van der Waals surface area contributed by atoms with E-state index in [2.05, 4.69) is 5.32 Å². The maximum Gasteiger partial charge on any atom is 0.336 e. The van der Waals surface area contributed by atoms with Crippen molar-refractivity contribution in [2.24, 2.45) is 0 Å². The summed E-state index contributed by atoms with van der Waals surface area (Å²) in [5.41, 5.74) is 2.33. The van der Waals surface area contributed by atoms with E-state index in [1.54, 1.807) is 14.2 Å². The van der Waals surface area contributed by atoms with Crippen molar-refractivity contribution in [2.75, 3.05) is 40.6 Å². The average Bonchev–Trinajstić information content (AvgIpc) is 3.10. The maximum absolute atomic E-state index is 12.1. The van der Waals surface area contributed by atoms with Crippen LogP contribution in [0.1, 0.15) is 25.8 Å². The number of hydrogen-bond acceptors (Lipinski definition) is 7. The molecule has 1 aromatic carbocycles. The van der Waals surface area contributed by atoms with Crippen molar-refractivity contribution < 1.29 is 28.5 Å². The molecular formula is C20H29NO6. The molecule has 0 saturated carbocycles. The first kappa shape index (κ1) is 21.1. The van der Waals surface area contributed by atoms with Crippen LogP contribution in [0.4, 0.5) is 0 Å². The summed E-state index contributed by atoms with van der Waals surface area (Å²) in [6.07, 6.45) is 0.678. The van der Waals surface area contributed by atoms with Crippen molar-refractivity contribution in [1.82, 2.24) is 5.32 Å². The molecule has 0 unspecified atom stereocenters. The number of carbonyl (C=O) groups is 1. The third kappa shape index (κ3) is 5.61. The lowest BCUT2D eigenvalue weighted by Crippen LogP contribution is -2.33. The molecule has 0 amide bonds. The van der Waals surface area contributed by atoms with Crippen LogP contribution in [0.3, 0.4) is 0 Å². The molecule has 7 heteroatoms. The fraction of sp³-hybridized carbons (Fsp3) is 0.550. The number of benzene rings is 1. The van der Waals surface area contributed by atoms with Gasteiger partial charge in [0.2, 0.25) is 0 Å². The molecule has 1 aromatic rings. The molecule has 1 saturated heterocycles. The lowest BCUT2D eigenvalue weighted by atomic mass is 10.1. The van der Waals surface area contributed by atoms with Gasteiger partial charge in [-0.05, 0) is 38.0 Å². The Balaban J connectivity index is 2.11. The molecule has 1 aliphatic heterocycles. The third-order valence-corrected chi connectivity index (χ3v) is 4.21. The van der Waals surface area contributed by atoms with E-state index < -0.39 is 6.29 Å². The Morgan fingerprint density at radius 3 is 2.41 bits per heavy atom. The normalized spacial score (nSPS) is 15.7. The minimum Gasteiger partial charge on any atom is -0.493 e. The predicted molar refractivity (Wildman–Crippen MR) is 101 cm³/mol. The van der Waals surface area contributed by atoms with Gasteiger partial charge in [0.15, 0.2) is 17.8 Å². The maximum atomic E-state index is 12.1. The monoisotopic (exact) mass is 379 g/mol. The topological polar surface area (TPSA) is 75.2 Å². The van der Waals surface area contributed by atoms with Gasteiger partial charge < -0.3 is 29.0 Å². The number of rotatable bonds is 11. The van der Waals surface area contributed by atoms with Gasteiger partial charge in [0, 0.05) is 26.2 Å². The Bertz CT molecular complexity index is 652.